The maximum Gasteiger partial charge on any atom is 0.252 e. The van der Waals surface area contributed by atoms with Gasteiger partial charge < -0.3 is 21.5 Å². The molecule has 0 aromatic heterocycles. The maximum absolute atomic E-state index is 12.0. The molecule has 0 heterocycles. The minimum absolute atomic E-state index is 0.367. The number of nitrogens with one attached hydrogen (secondary N) is 1. The molecule has 0 fully saturated rings. The minimum atomic E-state index is -0.681. The fourth-order valence-corrected chi connectivity index (χ4v) is 1.65. The van der Waals surface area contributed by atoms with Crippen LogP contribution in [0.1, 0.15) is 37.0 Å². The number of hydrogen-bond donors (Lipinski definition) is 3. The predicted molar refractivity (Wildman–Crippen MR) is 77.4 cm³/mol. The third-order valence-corrected chi connectivity index (χ3v) is 2.79. The van der Waals surface area contributed by atoms with Gasteiger partial charge in [-0.15, -0.1) is 0 Å². The average molecular weight is 279 g/mol. The molecule has 1 unspecified atom stereocenters. The molecule has 0 aliphatic rings. The number of ether oxygens (including phenoxy) is 1. The Labute approximate surface area is 118 Å². The first-order chi connectivity index (χ1) is 9.49. The molecule has 0 saturated carbocycles. The third-order valence-electron chi connectivity index (χ3n) is 2.79. The van der Waals surface area contributed by atoms with Gasteiger partial charge in [0, 0.05) is 5.56 Å². The van der Waals surface area contributed by atoms with Gasteiger partial charge in [-0.1, -0.05) is 13.8 Å². The van der Waals surface area contributed by atoms with Crippen molar-refractivity contribution in [3.05, 3.63) is 23.8 Å². The molecule has 1 aromatic rings. The largest absolute Gasteiger partial charge is 0.491 e. The van der Waals surface area contributed by atoms with Crippen molar-refractivity contribution in [2.75, 3.05) is 12.3 Å². The molecule has 0 radical (unpaired) electrons. The van der Waals surface area contributed by atoms with Crippen LogP contribution in [0.3, 0.4) is 0 Å². The van der Waals surface area contributed by atoms with Crippen LogP contribution in [0.25, 0.3) is 0 Å². The van der Waals surface area contributed by atoms with E-state index in [9.17, 15) is 9.59 Å². The van der Waals surface area contributed by atoms with Crippen LogP contribution >= 0.6 is 0 Å². The number of carbonyl (C=O) groups excluding carboxylic acids is 2. The summed E-state index contributed by atoms with van der Waals surface area (Å²) < 4.78 is 5.43. The lowest BCUT2D eigenvalue weighted by molar-refractivity contribution is -0.119. The highest BCUT2D eigenvalue weighted by atomic mass is 16.5. The van der Waals surface area contributed by atoms with E-state index in [4.69, 9.17) is 16.2 Å². The highest BCUT2D eigenvalue weighted by Crippen LogP contribution is 2.22. The Bertz CT molecular complexity index is 489. The molecule has 1 aromatic carbocycles. The number of hydrogen-bond acceptors (Lipinski definition) is 4. The second kappa shape index (κ2) is 7.37. The first kappa shape index (κ1) is 15.8. The van der Waals surface area contributed by atoms with Gasteiger partial charge in [0.2, 0.25) is 5.91 Å². The molecule has 1 rings (SSSR count). The van der Waals surface area contributed by atoms with Gasteiger partial charge in [-0.2, -0.15) is 0 Å². The quantitative estimate of drug-likeness (QED) is 0.648. The topological polar surface area (TPSA) is 107 Å². The predicted octanol–water partition coefficient (Wildman–Crippen LogP) is 1.05. The fraction of sp³-hybridized carbons (Fsp3) is 0.429. The van der Waals surface area contributed by atoms with Crippen molar-refractivity contribution in [2.45, 2.75) is 32.7 Å². The van der Waals surface area contributed by atoms with Crippen LogP contribution in [-0.2, 0) is 4.79 Å². The zero-order valence-electron chi connectivity index (χ0n) is 11.8. The molecule has 0 saturated heterocycles. The number of carbonyl (C=O) groups is 2. The molecule has 0 bridgehead atoms. The van der Waals surface area contributed by atoms with Gasteiger partial charge in [0.1, 0.15) is 11.8 Å². The van der Waals surface area contributed by atoms with Crippen LogP contribution in [0.5, 0.6) is 5.75 Å². The first-order valence-electron chi connectivity index (χ1n) is 6.62. The molecule has 1 atom stereocenters. The summed E-state index contributed by atoms with van der Waals surface area (Å²) in [4.78, 5) is 23.1. The van der Waals surface area contributed by atoms with Crippen molar-refractivity contribution < 1.29 is 14.3 Å². The zero-order chi connectivity index (χ0) is 15.1. The highest BCUT2D eigenvalue weighted by molar-refractivity contribution is 5.98. The lowest BCUT2D eigenvalue weighted by Gasteiger charge is -2.14. The number of primary amides is 1. The van der Waals surface area contributed by atoms with Crippen molar-refractivity contribution in [3.63, 3.8) is 0 Å². The number of anilines is 1. The van der Waals surface area contributed by atoms with Crippen molar-refractivity contribution in [3.8, 4) is 5.75 Å². The summed E-state index contributed by atoms with van der Waals surface area (Å²) in [5.74, 6) is -0.397. The Morgan fingerprint density at radius 1 is 1.35 bits per heavy atom. The van der Waals surface area contributed by atoms with Crippen LogP contribution in [0.2, 0.25) is 0 Å². The van der Waals surface area contributed by atoms with E-state index in [0.717, 1.165) is 6.42 Å². The zero-order valence-corrected chi connectivity index (χ0v) is 11.8. The lowest BCUT2D eigenvalue weighted by atomic mass is 10.1. The summed E-state index contributed by atoms with van der Waals surface area (Å²) >= 11 is 0. The van der Waals surface area contributed by atoms with E-state index >= 15 is 0 Å². The van der Waals surface area contributed by atoms with E-state index in [1.165, 1.54) is 6.07 Å². The van der Waals surface area contributed by atoms with E-state index in [1.807, 2.05) is 6.92 Å². The molecule has 0 aliphatic heterocycles. The first-order valence-corrected chi connectivity index (χ1v) is 6.62. The number of nitrogen functional groups attached to an aromatic ring is 1. The van der Waals surface area contributed by atoms with Crippen LogP contribution in [0.4, 0.5) is 5.69 Å². The monoisotopic (exact) mass is 279 g/mol. The number of benzene rings is 1. The standard InChI is InChI=1S/C14H21N3O3/c1-3-7-20-12-6-5-9(8-10(12)15)14(19)17-11(4-2)13(16)18/h5-6,8,11H,3-4,7,15H2,1-2H3,(H2,16,18)(H,17,19). The summed E-state index contributed by atoms with van der Waals surface area (Å²) in [6, 6.07) is 4.09. The van der Waals surface area contributed by atoms with Gasteiger partial charge in [0.05, 0.1) is 12.3 Å². The van der Waals surface area contributed by atoms with Gasteiger partial charge in [-0.25, -0.2) is 0 Å². The molecule has 2 amide bonds. The summed E-state index contributed by atoms with van der Waals surface area (Å²) in [5, 5.41) is 2.56. The summed E-state index contributed by atoms with van der Waals surface area (Å²) in [7, 11) is 0. The van der Waals surface area contributed by atoms with Crippen LogP contribution in [0.15, 0.2) is 18.2 Å². The van der Waals surface area contributed by atoms with Crippen molar-refractivity contribution in [2.24, 2.45) is 5.73 Å². The minimum Gasteiger partial charge on any atom is -0.491 e. The van der Waals surface area contributed by atoms with Gasteiger partial charge in [0.25, 0.3) is 5.91 Å². The summed E-state index contributed by atoms with van der Waals surface area (Å²) in [6.07, 6.45) is 1.31. The molecular weight excluding hydrogens is 258 g/mol. The van der Waals surface area contributed by atoms with Gasteiger partial charge >= 0.3 is 0 Å². The smallest absolute Gasteiger partial charge is 0.252 e. The number of nitrogens with two attached hydrogens (primary N) is 2. The van der Waals surface area contributed by atoms with E-state index in [-0.39, 0.29) is 5.91 Å². The SMILES string of the molecule is CCCOc1ccc(C(=O)NC(CC)C(N)=O)cc1N. The van der Waals surface area contributed by atoms with E-state index in [0.29, 0.717) is 30.0 Å². The Morgan fingerprint density at radius 3 is 2.55 bits per heavy atom. The Balaban J connectivity index is 2.79. The number of rotatable bonds is 7. The average Bonchev–Trinajstić information content (AvgIpc) is 2.42. The second-order valence-electron chi connectivity index (χ2n) is 4.44. The van der Waals surface area contributed by atoms with Gasteiger partial charge in [-0.3, -0.25) is 9.59 Å². The molecule has 20 heavy (non-hydrogen) atoms. The molecule has 0 spiro atoms. The number of amides is 2. The Hall–Kier alpha value is -2.24. The van der Waals surface area contributed by atoms with Crippen LogP contribution < -0.4 is 21.5 Å². The maximum atomic E-state index is 12.0. The molecule has 6 heteroatoms. The van der Waals surface area contributed by atoms with Crippen LogP contribution in [0, 0.1) is 0 Å². The van der Waals surface area contributed by atoms with Gasteiger partial charge in [0.15, 0.2) is 0 Å². The third kappa shape index (κ3) is 4.15. The van der Waals surface area contributed by atoms with Gasteiger partial charge in [-0.05, 0) is 31.0 Å². The Kier molecular flexibility index (Phi) is 5.83. The molecular formula is C14H21N3O3. The fourth-order valence-electron chi connectivity index (χ4n) is 1.65. The summed E-state index contributed by atoms with van der Waals surface area (Å²) in [5.41, 5.74) is 11.8. The normalized spacial score (nSPS) is 11.7. The van der Waals surface area contributed by atoms with E-state index in [1.54, 1.807) is 19.1 Å². The summed E-state index contributed by atoms with van der Waals surface area (Å²) in [6.45, 7) is 4.33. The molecule has 5 N–H and O–H groups in total. The molecule has 6 nitrogen and oxygen atoms in total. The molecule has 110 valence electrons. The Morgan fingerprint density at radius 2 is 2.05 bits per heavy atom. The van der Waals surface area contributed by atoms with Crippen molar-refractivity contribution >= 4 is 17.5 Å². The second-order valence-corrected chi connectivity index (χ2v) is 4.44. The van der Waals surface area contributed by atoms with Crippen molar-refractivity contribution in [1.82, 2.24) is 5.32 Å². The highest BCUT2D eigenvalue weighted by Gasteiger charge is 2.17. The van der Waals surface area contributed by atoms with Crippen LogP contribution in [-0.4, -0.2) is 24.5 Å². The molecule has 0 aliphatic carbocycles. The van der Waals surface area contributed by atoms with E-state index in [2.05, 4.69) is 5.32 Å². The lowest BCUT2D eigenvalue weighted by Crippen LogP contribution is -2.43. The van der Waals surface area contributed by atoms with Crippen molar-refractivity contribution in [1.29, 1.82) is 0 Å². The van der Waals surface area contributed by atoms with E-state index < -0.39 is 11.9 Å².